The summed E-state index contributed by atoms with van der Waals surface area (Å²) in [4.78, 5) is 13.3. The highest BCUT2D eigenvalue weighted by atomic mass is 19.4. The van der Waals surface area contributed by atoms with E-state index < -0.39 is 34.9 Å². The standard InChI is InChI=1S/C28H27F5N2O2/c1-37-25-16-19(11-12-24(25)30)27(17-18-7-3-2-4-8-18,35-26(36)34-23-9-5-6-10-23)20-13-21(28(31,32)33)15-22(29)14-20/h2-4,7-8,11-16,23H,5-6,9-10,17H2,1H3,(H2,34,35,36). The lowest BCUT2D eigenvalue weighted by atomic mass is 9.77. The zero-order valence-electron chi connectivity index (χ0n) is 20.2. The molecule has 1 unspecified atom stereocenters. The van der Waals surface area contributed by atoms with E-state index in [1.165, 1.54) is 19.2 Å². The van der Waals surface area contributed by atoms with Crippen LogP contribution in [0.15, 0.2) is 66.7 Å². The molecule has 1 aliphatic rings. The van der Waals surface area contributed by atoms with Gasteiger partial charge in [0.15, 0.2) is 11.6 Å². The van der Waals surface area contributed by atoms with E-state index in [4.69, 9.17) is 4.74 Å². The third kappa shape index (κ3) is 6.03. The van der Waals surface area contributed by atoms with Crippen LogP contribution in [0, 0.1) is 11.6 Å². The zero-order valence-corrected chi connectivity index (χ0v) is 20.2. The van der Waals surface area contributed by atoms with Gasteiger partial charge in [-0.3, -0.25) is 0 Å². The van der Waals surface area contributed by atoms with Crippen molar-refractivity contribution in [1.29, 1.82) is 0 Å². The summed E-state index contributed by atoms with van der Waals surface area (Å²) in [5.74, 6) is -1.97. The summed E-state index contributed by atoms with van der Waals surface area (Å²) in [5, 5.41) is 5.74. The minimum absolute atomic E-state index is 0.0402. The second-order valence-electron chi connectivity index (χ2n) is 9.22. The molecular weight excluding hydrogens is 491 g/mol. The lowest BCUT2D eigenvalue weighted by Crippen LogP contribution is -2.53. The molecule has 9 heteroatoms. The van der Waals surface area contributed by atoms with Gasteiger partial charge in [0.05, 0.1) is 18.2 Å². The molecule has 0 radical (unpaired) electrons. The fourth-order valence-corrected chi connectivity index (χ4v) is 4.87. The molecule has 1 aliphatic carbocycles. The molecule has 2 amide bonds. The van der Waals surface area contributed by atoms with Gasteiger partial charge in [-0.2, -0.15) is 13.2 Å². The third-order valence-corrected chi connectivity index (χ3v) is 6.69. The van der Waals surface area contributed by atoms with E-state index in [2.05, 4.69) is 10.6 Å². The number of hydrogen-bond acceptors (Lipinski definition) is 2. The quantitative estimate of drug-likeness (QED) is 0.341. The van der Waals surface area contributed by atoms with Crippen LogP contribution in [0.25, 0.3) is 0 Å². The van der Waals surface area contributed by atoms with Crippen molar-refractivity contribution in [3.05, 3.63) is 101 Å². The van der Waals surface area contributed by atoms with Crippen LogP contribution in [0.4, 0.5) is 26.7 Å². The second kappa shape index (κ2) is 10.8. The summed E-state index contributed by atoms with van der Waals surface area (Å²) in [6.45, 7) is 0. The van der Waals surface area contributed by atoms with Gasteiger partial charge in [-0.1, -0.05) is 49.2 Å². The predicted molar refractivity (Wildman–Crippen MR) is 129 cm³/mol. The molecule has 4 nitrogen and oxygen atoms in total. The van der Waals surface area contributed by atoms with Crippen molar-refractivity contribution in [2.45, 2.75) is 49.9 Å². The lowest BCUT2D eigenvalue weighted by molar-refractivity contribution is -0.137. The molecule has 196 valence electrons. The van der Waals surface area contributed by atoms with Crippen LogP contribution in [0.2, 0.25) is 0 Å². The minimum atomic E-state index is -4.83. The zero-order chi connectivity index (χ0) is 26.6. The van der Waals surface area contributed by atoms with E-state index in [0.717, 1.165) is 43.9 Å². The van der Waals surface area contributed by atoms with Gasteiger partial charge in [0.1, 0.15) is 5.82 Å². The fraction of sp³-hybridized carbons (Fsp3) is 0.321. The van der Waals surface area contributed by atoms with E-state index in [0.29, 0.717) is 11.6 Å². The number of rotatable bonds is 7. The number of hydrogen-bond donors (Lipinski definition) is 2. The Labute approximate surface area is 211 Å². The Hall–Kier alpha value is -3.62. The number of nitrogens with one attached hydrogen (secondary N) is 2. The van der Waals surface area contributed by atoms with Crippen LogP contribution < -0.4 is 15.4 Å². The number of ether oxygens (including phenoxy) is 1. The first-order chi connectivity index (χ1) is 17.6. The van der Waals surface area contributed by atoms with Gasteiger partial charge in [0.25, 0.3) is 0 Å². The van der Waals surface area contributed by atoms with Crippen LogP contribution in [-0.4, -0.2) is 19.2 Å². The molecular formula is C28H27F5N2O2. The molecule has 3 aromatic rings. The first-order valence-corrected chi connectivity index (χ1v) is 12.0. The largest absolute Gasteiger partial charge is 0.494 e. The van der Waals surface area contributed by atoms with Crippen molar-refractivity contribution in [3.63, 3.8) is 0 Å². The van der Waals surface area contributed by atoms with Crippen LogP contribution in [0.3, 0.4) is 0 Å². The smallest absolute Gasteiger partial charge is 0.416 e. The Morgan fingerprint density at radius 1 is 0.919 bits per heavy atom. The Balaban J connectivity index is 1.93. The highest BCUT2D eigenvalue weighted by molar-refractivity contribution is 5.76. The molecule has 0 heterocycles. The van der Waals surface area contributed by atoms with Crippen molar-refractivity contribution in [3.8, 4) is 5.75 Å². The molecule has 0 spiro atoms. The van der Waals surface area contributed by atoms with Crippen LogP contribution in [0.1, 0.15) is 47.9 Å². The van der Waals surface area contributed by atoms with Crippen molar-refractivity contribution in [2.75, 3.05) is 7.11 Å². The molecule has 0 saturated heterocycles. The maximum Gasteiger partial charge on any atom is 0.416 e. The Kier molecular flexibility index (Phi) is 7.71. The van der Waals surface area contributed by atoms with E-state index in [1.54, 1.807) is 30.3 Å². The van der Waals surface area contributed by atoms with E-state index >= 15 is 0 Å². The van der Waals surface area contributed by atoms with Gasteiger partial charge in [-0.15, -0.1) is 0 Å². The molecule has 1 saturated carbocycles. The fourth-order valence-electron chi connectivity index (χ4n) is 4.87. The molecule has 1 fully saturated rings. The number of halogens is 5. The highest BCUT2D eigenvalue weighted by Crippen LogP contribution is 2.39. The summed E-state index contributed by atoms with van der Waals surface area (Å²) in [5.41, 5.74) is -2.15. The van der Waals surface area contributed by atoms with E-state index in [1.807, 2.05) is 0 Å². The Morgan fingerprint density at radius 3 is 2.24 bits per heavy atom. The average molecular weight is 519 g/mol. The number of alkyl halides is 3. The van der Waals surface area contributed by atoms with Gasteiger partial charge in [0.2, 0.25) is 0 Å². The van der Waals surface area contributed by atoms with Gasteiger partial charge in [-0.25, -0.2) is 13.6 Å². The molecule has 3 aromatic carbocycles. The van der Waals surface area contributed by atoms with Crippen molar-refractivity contribution in [2.24, 2.45) is 0 Å². The molecule has 0 bridgehead atoms. The van der Waals surface area contributed by atoms with Gasteiger partial charge in [-0.05, 0) is 59.9 Å². The average Bonchev–Trinajstić information content (AvgIpc) is 3.36. The molecule has 37 heavy (non-hydrogen) atoms. The minimum Gasteiger partial charge on any atom is -0.494 e. The van der Waals surface area contributed by atoms with Gasteiger partial charge < -0.3 is 15.4 Å². The van der Waals surface area contributed by atoms with Crippen LogP contribution in [0.5, 0.6) is 5.75 Å². The number of urea groups is 1. The number of amides is 2. The summed E-state index contributed by atoms with van der Waals surface area (Å²) < 4.78 is 75.4. The normalized spacial score (nSPS) is 15.7. The summed E-state index contributed by atoms with van der Waals surface area (Å²) >= 11 is 0. The summed E-state index contributed by atoms with van der Waals surface area (Å²) in [6, 6.07) is 14.0. The molecule has 4 rings (SSSR count). The number of benzene rings is 3. The molecule has 0 aliphatic heterocycles. The summed E-state index contributed by atoms with van der Waals surface area (Å²) in [7, 11) is 1.26. The molecule has 2 N–H and O–H groups in total. The maximum absolute atomic E-state index is 14.7. The number of carbonyl (C=O) groups is 1. The number of carbonyl (C=O) groups excluding carboxylic acids is 1. The first kappa shape index (κ1) is 26.4. The monoisotopic (exact) mass is 518 g/mol. The summed E-state index contributed by atoms with van der Waals surface area (Å²) in [6.07, 6.45) is -1.41. The van der Waals surface area contributed by atoms with Crippen molar-refractivity contribution >= 4 is 6.03 Å². The first-order valence-electron chi connectivity index (χ1n) is 12.0. The highest BCUT2D eigenvalue weighted by Gasteiger charge is 2.40. The lowest BCUT2D eigenvalue weighted by Gasteiger charge is -2.37. The second-order valence-corrected chi connectivity index (χ2v) is 9.22. The van der Waals surface area contributed by atoms with Crippen molar-refractivity contribution in [1.82, 2.24) is 10.6 Å². The number of methoxy groups -OCH3 is 1. The predicted octanol–water partition coefficient (Wildman–Crippen LogP) is 6.72. The molecule has 0 aromatic heterocycles. The Morgan fingerprint density at radius 2 is 1.59 bits per heavy atom. The maximum atomic E-state index is 14.7. The molecule has 1 atom stereocenters. The van der Waals surface area contributed by atoms with Crippen molar-refractivity contribution < 1.29 is 31.5 Å². The SMILES string of the molecule is COc1cc(C(Cc2ccccc2)(NC(=O)NC2CCCC2)c2cc(F)cc(C(F)(F)F)c2)ccc1F. The van der Waals surface area contributed by atoms with E-state index in [9.17, 15) is 26.7 Å². The third-order valence-electron chi connectivity index (χ3n) is 6.69. The van der Waals surface area contributed by atoms with Crippen LogP contribution >= 0.6 is 0 Å². The Bertz CT molecular complexity index is 1240. The van der Waals surface area contributed by atoms with Gasteiger partial charge in [0, 0.05) is 12.5 Å². The topological polar surface area (TPSA) is 50.4 Å². The van der Waals surface area contributed by atoms with Gasteiger partial charge >= 0.3 is 12.2 Å². The van der Waals surface area contributed by atoms with Crippen LogP contribution in [-0.2, 0) is 18.1 Å². The van der Waals surface area contributed by atoms with E-state index in [-0.39, 0.29) is 29.3 Å².